The molecule has 0 aromatic heterocycles. The Morgan fingerprint density at radius 3 is 2.46 bits per heavy atom. The summed E-state index contributed by atoms with van der Waals surface area (Å²) < 4.78 is 18.4. The second-order valence-corrected chi connectivity index (χ2v) is 5.46. The summed E-state index contributed by atoms with van der Waals surface area (Å²) in [6.45, 7) is 4.98. The Morgan fingerprint density at radius 2 is 1.92 bits per heavy atom. The molecule has 138 valence electrons. The first kappa shape index (κ1) is 23.1. The van der Waals surface area contributed by atoms with Crippen molar-refractivity contribution in [1.29, 1.82) is 0 Å². The third-order valence-electron chi connectivity index (χ3n) is 3.53. The van der Waals surface area contributed by atoms with Crippen LogP contribution in [0, 0.1) is 5.82 Å². The standard InChI is InChI=1S/C17H29FN4O.HI/c1-5-23-12-6-11-20-17(19-2)21-13-16(22(3)4)14-7-9-15(18)10-8-14;/h7-10,16H,5-6,11-13H2,1-4H3,(H2,19,20,21);1H. The number of hydrogen-bond donors (Lipinski definition) is 2. The molecule has 5 nitrogen and oxygen atoms in total. The Morgan fingerprint density at radius 1 is 1.25 bits per heavy atom. The Balaban J connectivity index is 0.00000529. The van der Waals surface area contributed by atoms with Gasteiger partial charge < -0.3 is 20.3 Å². The van der Waals surface area contributed by atoms with Crippen molar-refractivity contribution in [1.82, 2.24) is 15.5 Å². The fourth-order valence-corrected chi connectivity index (χ4v) is 2.22. The number of nitrogens with one attached hydrogen (secondary N) is 2. The lowest BCUT2D eigenvalue weighted by Crippen LogP contribution is -2.42. The smallest absolute Gasteiger partial charge is 0.191 e. The van der Waals surface area contributed by atoms with Gasteiger partial charge in [0.1, 0.15) is 5.82 Å². The summed E-state index contributed by atoms with van der Waals surface area (Å²) in [4.78, 5) is 6.32. The lowest BCUT2D eigenvalue weighted by atomic mass is 10.1. The van der Waals surface area contributed by atoms with Crippen molar-refractivity contribution >= 4 is 29.9 Å². The monoisotopic (exact) mass is 452 g/mol. The molecule has 0 saturated carbocycles. The van der Waals surface area contributed by atoms with Crippen LogP contribution in [0.1, 0.15) is 24.9 Å². The molecule has 0 aliphatic rings. The predicted molar refractivity (Wildman–Crippen MR) is 109 cm³/mol. The molecule has 0 fully saturated rings. The maximum absolute atomic E-state index is 13.1. The minimum Gasteiger partial charge on any atom is -0.382 e. The fraction of sp³-hybridized carbons (Fsp3) is 0.588. The molecule has 1 atom stereocenters. The van der Waals surface area contributed by atoms with E-state index < -0.39 is 0 Å². The van der Waals surface area contributed by atoms with Crippen molar-refractivity contribution in [3.8, 4) is 0 Å². The Kier molecular flexibility index (Phi) is 12.9. The van der Waals surface area contributed by atoms with Gasteiger partial charge in [-0.1, -0.05) is 12.1 Å². The van der Waals surface area contributed by atoms with E-state index in [2.05, 4.69) is 20.5 Å². The van der Waals surface area contributed by atoms with Gasteiger partial charge in [0, 0.05) is 33.4 Å². The summed E-state index contributed by atoms with van der Waals surface area (Å²) >= 11 is 0. The van der Waals surface area contributed by atoms with Gasteiger partial charge >= 0.3 is 0 Å². The van der Waals surface area contributed by atoms with Gasteiger partial charge in [-0.05, 0) is 45.1 Å². The molecule has 1 aromatic rings. The summed E-state index contributed by atoms with van der Waals surface area (Å²) in [5.41, 5.74) is 1.07. The van der Waals surface area contributed by atoms with E-state index in [0.717, 1.165) is 37.7 Å². The number of aliphatic imine (C=N–C) groups is 1. The quantitative estimate of drug-likeness (QED) is 0.262. The van der Waals surface area contributed by atoms with Crippen molar-refractivity contribution < 1.29 is 9.13 Å². The van der Waals surface area contributed by atoms with E-state index in [1.165, 1.54) is 12.1 Å². The molecule has 0 aliphatic carbocycles. The van der Waals surface area contributed by atoms with E-state index in [4.69, 9.17) is 4.74 Å². The molecule has 1 aromatic carbocycles. The van der Waals surface area contributed by atoms with Gasteiger partial charge in [0.05, 0.1) is 6.04 Å². The molecule has 0 radical (unpaired) electrons. The summed E-state index contributed by atoms with van der Waals surface area (Å²) in [6, 6.07) is 6.76. The van der Waals surface area contributed by atoms with Gasteiger partial charge in [-0.15, -0.1) is 24.0 Å². The highest BCUT2D eigenvalue weighted by Gasteiger charge is 2.14. The molecule has 0 saturated heterocycles. The number of halogens is 2. The highest BCUT2D eigenvalue weighted by Crippen LogP contribution is 2.17. The number of likely N-dealkylation sites (N-methyl/N-ethyl adjacent to an activating group) is 1. The Bertz CT molecular complexity index is 468. The van der Waals surface area contributed by atoms with Gasteiger partial charge in [-0.25, -0.2) is 4.39 Å². The van der Waals surface area contributed by atoms with E-state index >= 15 is 0 Å². The molecule has 1 unspecified atom stereocenters. The minimum atomic E-state index is -0.217. The average molecular weight is 452 g/mol. The zero-order chi connectivity index (χ0) is 17.1. The van der Waals surface area contributed by atoms with Crippen molar-refractivity contribution in [3.05, 3.63) is 35.6 Å². The van der Waals surface area contributed by atoms with Crippen molar-refractivity contribution in [2.75, 3.05) is 47.4 Å². The van der Waals surface area contributed by atoms with Crippen LogP contribution in [-0.2, 0) is 4.74 Å². The van der Waals surface area contributed by atoms with Crippen molar-refractivity contribution in [2.45, 2.75) is 19.4 Å². The Labute approximate surface area is 162 Å². The molecule has 0 spiro atoms. The molecule has 1 rings (SSSR count). The summed E-state index contributed by atoms with van der Waals surface area (Å²) in [6.07, 6.45) is 0.934. The number of hydrogen-bond acceptors (Lipinski definition) is 3. The summed E-state index contributed by atoms with van der Waals surface area (Å²) in [5.74, 6) is 0.543. The third kappa shape index (κ3) is 8.79. The van der Waals surface area contributed by atoms with Gasteiger partial charge in [0.25, 0.3) is 0 Å². The van der Waals surface area contributed by atoms with Crippen molar-refractivity contribution in [2.24, 2.45) is 4.99 Å². The highest BCUT2D eigenvalue weighted by molar-refractivity contribution is 14.0. The van der Waals surface area contributed by atoms with Gasteiger partial charge in [-0.2, -0.15) is 0 Å². The first-order valence-electron chi connectivity index (χ1n) is 8.02. The van der Waals surface area contributed by atoms with Crippen LogP contribution >= 0.6 is 24.0 Å². The van der Waals surface area contributed by atoms with Gasteiger partial charge in [0.2, 0.25) is 0 Å². The number of nitrogens with zero attached hydrogens (tertiary/aromatic N) is 2. The van der Waals surface area contributed by atoms with Crippen LogP contribution < -0.4 is 10.6 Å². The zero-order valence-electron chi connectivity index (χ0n) is 15.0. The largest absolute Gasteiger partial charge is 0.382 e. The van der Waals surface area contributed by atoms with Crippen LogP contribution in [0.25, 0.3) is 0 Å². The van der Waals surface area contributed by atoms with E-state index in [1.54, 1.807) is 7.05 Å². The zero-order valence-corrected chi connectivity index (χ0v) is 17.3. The molecule has 7 heteroatoms. The summed E-state index contributed by atoms with van der Waals surface area (Å²) in [5, 5.41) is 6.58. The first-order chi connectivity index (χ1) is 11.1. The van der Waals surface area contributed by atoms with Crippen LogP contribution in [0.4, 0.5) is 4.39 Å². The van der Waals surface area contributed by atoms with E-state index in [-0.39, 0.29) is 35.8 Å². The number of guanidine groups is 1. The lowest BCUT2D eigenvalue weighted by molar-refractivity contribution is 0.145. The average Bonchev–Trinajstić information content (AvgIpc) is 2.54. The fourth-order valence-electron chi connectivity index (χ4n) is 2.22. The number of ether oxygens (including phenoxy) is 1. The van der Waals surface area contributed by atoms with Gasteiger partial charge in [0.15, 0.2) is 5.96 Å². The highest BCUT2D eigenvalue weighted by atomic mass is 127. The predicted octanol–water partition coefficient (Wildman–Crippen LogP) is 2.64. The molecule has 0 heterocycles. The van der Waals surface area contributed by atoms with Gasteiger partial charge in [-0.3, -0.25) is 4.99 Å². The second-order valence-electron chi connectivity index (χ2n) is 5.46. The van der Waals surface area contributed by atoms with Crippen LogP contribution in [-0.4, -0.2) is 58.3 Å². The Hall–Kier alpha value is -0.930. The number of rotatable bonds is 9. The van der Waals surface area contributed by atoms with E-state index in [9.17, 15) is 4.39 Å². The topological polar surface area (TPSA) is 48.9 Å². The minimum absolute atomic E-state index is 0. The molecule has 0 bridgehead atoms. The first-order valence-corrected chi connectivity index (χ1v) is 8.02. The molecule has 24 heavy (non-hydrogen) atoms. The molecule has 2 N–H and O–H groups in total. The number of benzene rings is 1. The molecule has 0 amide bonds. The van der Waals surface area contributed by atoms with E-state index in [1.807, 2.05) is 33.2 Å². The third-order valence-corrected chi connectivity index (χ3v) is 3.53. The van der Waals surface area contributed by atoms with E-state index in [0.29, 0.717) is 6.54 Å². The maximum atomic E-state index is 13.1. The molecular formula is C17H30FIN4O. The SMILES string of the molecule is CCOCCCNC(=NC)NCC(c1ccc(F)cc1)N(C)C.I. The van der Waals surface area contributed by atoms with Crippen LogP contribution in [0.5, 0.6) is 0 Å². The van der Waals surface area contributed by atoms with Crippen LogP contribution in [0.3, 0.4) is 0 Å². The second kappa shape index (κ2) is 13.4. The van der Waals surface area contributed by atoms with Crippen molar-refractivity contribution in [3.63, 3.8) is 0 Å². The van der Waals surface area contributed by atoms with Crippen LogP contribution in [0.15, 0.2) is 29.3 Å². The molecular weight excluding hydrogens is 422 g/mol. The maximum Gasteiger partial charge on any atom is 0.191 e. The normalized spacial score (nSPS) is 12.7. The summed E-state index contributed by atoms with van der Waals surface area (Å²) in [7, 11) is 5.77. The van der Waals surface area contributed by atoms with Crippen LogP contribution in [0.2, 0.25) is 0 Å². The molecule has 0 aliphatic heterocycles. The lowest BCUT2D eigenvalue weighted by Gasteiger charge is -2.26.